The van der Waals surface area contributed by atoms with Crippen LogP contribution in [0, 0.1) is 0 Å². The number of benzene rings is 2. The Labute approximate surface area is 150 Å². The van der Waals surface area contributed by atoms with Crippen molar-refractivity contribution in [2.24, 2.45) is 10.2 Å². The molecule has 0 spiro atoms. The maximum Gasteiger partial charge on any atom is 0.234 e. The number of aromatic nitrogens is 1. The van der Waals surface area contributed by atoms with Crippen molar-refractivity contribution in [3.63, 3.8) is 0 Å². The number of nitrogens with zero attached hydrogens (tertiary/aromatic N) is 3. The molecule has 3 rings (SSSR count). The quantitative estimate of drug-likeness (QED) is 0.490. The maximum atomic E-state index is 12.0. The van der Waals surface area contributed by atoms with Gasteiger partial charge in [-0.15, -0.1) is 0 Å². The summed E-state index contributed by atoms with van der Waals surface area (Å²) in [5.74, 6) is 0.237. The summed E-state index contributed by atoms with van der Waals surface area (Å²) in [6.45, 7) is 0. The number of hydrogen-bond donors (Lipinski definition) is 1. The fourth-order valence-electron chi connectivity index (χ4n) is 1.99. The summed E-state index contributed by atoms with van der Waals surface area (Å²) in [4.78, 5) is 16.2. The molecule has 124 valence electrons. The first-order valence-electron chi connectivity index (χ1n) is 7.70. The lowest BCUT2D eigenvalue weighted by atomic mass is 10.3. The molecular formula is C19H16N4OS. The SMILES string of the molecule is O=C(CSc1ccccn1)Nc1ccc(N=Nc2ccccc2)cc1. The van der Waals surface area contributed by atoms with Gasteiger partial charge in [0.05, 0.1) is 22.2 Å². The largest absolute Gasteiger partial charge is 0.325 e. The van der Waals surface area contributed by atoms with E-state index in [9.17, 15) is 4.79 Å². The van der Waals surface area contributed by atoms with Gasteiger partial charge in [-0.3, -0.25) is 4.79 Å². The van der Waals surface area contributed by atoms with Gasteiger partial charge in [0.1, 0.15) is 0 Å². The van der Waals surface area contributed by atoms with Gasteiger partial charge in [-0.2, -0.15) is 10.2 Å². The zero-order chi connectivity index (χ0) is 17.3. The van der Waals surface area contributed by atoms with Gasteiger partial charge in [0, 0.05) is 11.9 Å². The van der Waals surface area contributed by atoms with Gasteiger partial charge in [0.2, 0.25) is 5.91 Å². The minimum absolute atomic E-state index is 0.0747. The first-order chi connectivity index (χ1) is 12.3. The molecule has 1 heterocycles. The number of anilines is 1. The molecule has 0 bridgehead atoms. The Morgan fingerprint density at radius 2 is 1.56 bits per heavy atom. The van der Waals surface area contributed by atoms with E-state index >= 15 is 0 Å². The highest BCUT2D eigenvalue weighted by atomic mass is 32.2. The summed E-state index contributed by atoms with van der Waals surface area (Å²) in [6, 6.07) is 22.4. The number of thioether (sulfide) groups is 1. The van der Waals surface area contributed by atoms with Crippen molar-refractivity contribution < 1.29 is 4.79 Å². The molecule has 1 aromatic heterocycles. The number of amides is 1. The molecule has 2 aromatic carbocycles. The highest BCUT2D eigenvalue weighted by Gasteiger charge is 2.04. The van der Waals surface area contributed by atoms with Crippen LogP contribution in [0.3, 0.4) is 0 Å². The van der Waals surface area contributed by atoms with Crippen LogP contribution in [-0.2, 0) is 4.79 Å². The fraction of sp³-hybridized carbons (Fsp3) is 0.0526. The molecular weight excluding hydrogens is 332 g/mol. The Bertz CT molecular complexity index is 836. The van der Waals surface area contributed by atoms with Gasteiger partial charge in [-0.25, -0.2) is 4.98 Å². The Balaban J connectivity index is 1.52. The number of pyridine rings is 1. The van der Waals surface area contributed by atoms with Crippen molar-refractivity contribution in [1.82, 2.24) is 4.98 Å². The first kappa shape index (κ1) is 16.9. The topological polar surface area (TPSA) is 66.7 Å². The molecule has 3 aromatic rings. The van der Waals surface area contributed by atoms with Crippen molar-refractivity contribution in [2.75, 3.05) is 11.1 Å². The third kappa shape index (κ3) is 5.54. The van der Waals surface area contributed by atoms with E-state index in [0.717, 1.165) is 22.1 Å². The van der Waals surface area contributed by atoms with Gasteiger partial charge in [-0.1, -0.05) is 36.0 Å². The van der Waals surface area contributed by atoms with Crippen molar-refractivity contribution in [3.05, 3.63) is 79.0 Å². The van der Waals surface area contributed by atoms with E-state index in [0.29, 0.717) is 5.75 Å². The second kappa shape index (κ2) is 8.75. The predicted molar refractivity (Wildman–Crippen MR) is 101 cm³/mol. The zero-order valence-electron chi connectivity index (χ0n) is 13.4. The molecule has 0 fully saturated rings. The molecule has 0 aliphatic heterocycles. The molecule has 0 aliphatic rings. The predicted octanol–water partition coefficient (Wildman–Crippen LogP) is 5.23. The van der Waals surface area contributed by atoms with E-state index in [1.54, 1.807) is 6.20 Å². The van der Waals surface area contributed by atoms with E-state index < -0.39 is 0 Å². The Morgan fingerprint density at radius 3 is 2.24 bits per heavy atom. The summed E-state index contributed by atoms with van der Waals surface area (Å²) < 4.78 is 0. The second-order valence-electron chi connectivity index (χ2n) is 5.09. The van der Waals surface area contributed by atoms with Crippen molar-refractivity contribution in [1.29, 1.82) is 0 Å². The summed E-state index contributed by atoms with van der Waals surface area (Å²) in [5, 5.41) is 12.0. The number of hydrogen-bond acceptors (Lipinski definition) is 5. The molecule has 0 unspecified atom stereocenters. The van der Waals surface area contributed by atoms with Crippen molar-refractivity contribution in [2.45, 2.75) is 5.03 Å². The maximum absolute atomic E-state index is 12.0. The molecule has 25 heavy (non-hydrogen) atoms. The fourth-order valence-corrected chi connectivity index (χ4v) is 2.65. The molecule has 0 atom stereocenters. The average molecular weight is 348 g/mol. The Kier molecular flexibility index (Phi) is 5.90. The Morgan fingerprint density at radius 1 is 0.880 bits per heavy atom. The summed E-state index contributed by atoms with van der Waals surface area (Å²) in [5.41, 5.74) is 2.25. The van der Waals surface area contributed by atoms with Crippen LogP contribution in [0.4, 0.5) is 17.1 Å². The van der Waals surface area contributed by atoms with Crippen LogP contribution >= 0.6 is 11.8 Å². The third-order valence-corrected chi connectivity index (χ3v) is 4.12. The molecule has 0 aliphatic carbocycles. The normalized spacial score (nSPS) is 10.7. The van der Waals surface area contributed by atoms with E-state index in [1.165, 1.54) is 11.8 Å². The highest BCUT2D eigenvalue weighted by Crippen LogP contribution is 2.20. The van der Waals surface area contributed by atoms with Crippen LogP contribution in [0.1, 0.15) is 0 Å². The van der Waals surface area contributed by atoms with Crippen LogP contribution < -0.4 is 5.32 Å². The van der Waals surface area contributed by atoms with Crippen molar-refractivity contribution >= 4 is 34.7 Å². The van der Waals surface area contributed by atoms with Gasteiger partial charge >= 0.3 is 0 Å². The molecule has 6 heteroatoms. The van der Waals surface area contributed by atoms with Crippen LogP contribution in [0.2, 0.25) is 0 Å². The second-order valence-corrected chi connectivity index (χ2v) is 6.08. The standard InChI is InChI=1S/C19H16N4OS/c24-18(14-25-19-8-4-5-13-20-19)21-15-9-11-17(12-10-15)23-22-16-6-2-1-3-7-16/h1-13H,14H2,(H,21,24). The van der Waals surface area contributed by atoms with E-state index in [2.05, 4.69) is 20.5 Å². The third-order valence-electron chi connectivity index (χ3n) is 3.18. The number of carbonyl (C=O) groups is 1. The highest BCUT2D eigenvalue weighted by molar-refractivity contribution is 7.99. The van der Waals surface area contributed by atoms with Gasteiger partial charge in [0.25, 0.3) is 0 Å². The monoisotopic (exact) mass is 348 g/mol. The molecule has 1 amide bonds. The zero-order valence-corrected chi connectivity index (χ0v) is 14.2. The average Bonchev–Trinajstić information content (AvgIpc) is 2.67. The minimum atomic E-state index is -0.0747. The smallest absolute Gasteiger partial charge is 0.234 e. The van der Waals surface area contributed by atoms with Gasteiger partial charge in [0.15, 0.2) is 0 Å². The lowest BCUT2D eigenvalue weighted by Gasteiger charge is -2.05. The number of carbonyl (C=O) groups excluding carboxylic acids is 1. The molecule has 1 N–H and O–H groups in total. The van der Waals surface area contributed by atoms with Crippen LogP contribution in [0.15, 0.2) is 94.2 Å². The van der Waals surface area contributed by atoms with Gasteiger partial charge < -0.3 is 5.32 Å². The van der Waals surface area contributed by atoms with E-state index in [1.807, 2.05) is 72.8 Å². The summed E-state index contributed by atoms with van der Waals surface area (Å²) in [6.07, 6.45) is 1.71. The lowest BCUT2D eigenvalue weighted by Crippen LogP contribution is -2.13. The molecule has 0 radical (unpaired) electrons. The van der Waals surface area contributed by atoms with E-state index in [-0.39, 0.29) is 5.91 Å². The summed E-state index contributed by atoms with van der Waals surface area (Å²) >= 11 is 1.40. The van der Waals surface area contributed by atoms with Crippen LogP contribution in [-0.4, -0.2) is 16.6 Å². The van der Waals surface area contributed by atoms with Crippen molar-refractivity contribution in [3.8, 4) is 0 Å². The number of nitrogens with one attached hydrogen (secondary N) is 1. The molecule has 0 saturated carbocycles. The summed E-state index contributed by atoms with van der Waals surface area (Å²) in [7, 11) is 0. The molecule has 0 saturated heterocycles. The Hall–Kier alpha value is -2.99. The van der Waals surface area contributed by atoms with Crippen LogP contribution in [0.5, 0.6) is 0 Å². The van der Waals surface area contributed by atoms with Crippen LogP contribution in [0.25, 0.3) is 0 Å². The lowest BCUT2D eigenvalue weighted by molar-refractivity contribution is -0.113. The van der Waals surface area contributed by atoms with E-state index in [4.69, 9.17) is 0 Å². The van der Waals surface area contributed by atoms with Gasteiger partial charge in [-0.05, 0) is 48.5 Å². The molecule has 5 nitrogen and oxygen atoms in total. The number of azo groups is 1. The number of rotatable bonds is 6. The minimum Gasteiger partial charge on any atom is -0.325 e. The first-order valence-corrected chi connectivity index (χ1v) is 8.69.